The Labute approximate surface area is 109 Å². The highest BCUT2D eigenvalue weighted by atomic mass is 32.1. The number of nitrogens with zero attached hydrogens (tertiary/aromatic N) is 1. The Bertz CT molecular complexity index is 616. The van der Waals surface area contributed by atoms with Crippen molar-refractivity contribution in [2.45, 2.75) is 6.04 Å². The van der Waals surface area contributed by atoms with Crippen molar-refractivity contribution >= 4 is 11.3 Å². The zero-order valence-electron chi connectivity index (χ0n) is 9.61. The Morgan fingerprint density at radius 2 is 1.94 bits per heavy atom. The van der Waals surface area contributed by atoms with Crippen molar-refractivity contribution in [3.05, 3.63) is 64.9 Å². The maximum atomic E-state index is 6.11. The minimum atomic E-state index is -0.289. The first-order valence-corrected chi connectivity index (χ1v) is 6.52. The second-order valence-corrected chi connectivity index (χ2v) is 4.82. The number of hydrogen-bond acceptors (Lipinski definition) is 4. The largest absolute Gasteiger partial charge is 0.467 e. The van der Waals surface area contributed by atoms with Gasteiger partial charge in [-0.15, -0.1) is 11.3 Å². The fourth-order valence-electron chi connectivity index (χ4n) is 1.76. The van der Waals surface area contributed by atoms with Gasteiger partial charge in [0.1, 0.15) is 16.8 Å². The van der Waals surface area contributed by atoms with Gasteiger partial charge >= 0.3 is 0 Å². The Morgan fingerprint density at radius 1 is 1.11 bits per heavy atom. The normalized spacial score (nSPS) is 12.5. The van der Waals surface area contributed by atoms with Crippen LogP contribution in [0.1, 0.15) is 16.8 Å². The van der Waals surface area contributed by atoms with E-state index in [4.69, 9.17) is 10.2 Å². The molecule has 2 N–H and O–H groups in total. The zero-order chi connectivity index (χ0) is 12.4. The number of thiazole rings is 1. The maximum absolute atomic E-state index is 6.11. The van der Waals surface area contributed by atoms with Gasteiger partial charge < -0.3 is 10.2 Å². The summed E-state index contributed by atoms with van der Waals surface area (Å²) < 4.78 is 5.31. The van der Waals surface area contributed by atoms with Crippen LogP contribution in [-0.4, -0.2) is 4.98 Å². The smallest absolute Gasteiger partial charge is 0.127 e. The topological polar surface area (TPSA) is 52.0 Å². The van der Waals surface area contributed by atoms with E-state index in [1.165, 1.54) is 0 Å². The quantitative estimate of drug-likeness (QED) is 0.780. The molecule has 1 aromatic carbocycles. The maximum Gasteiger partial charge on any atom is 0.127 e. The second-order valence-electron chi connectivity index (χ2n) is 3.93. The summed E-state index contributed by atoms with van der Waals surface area (Å²) in [4.78, 5) is 4.57. The van der Waals surface area contributed by atoms with E-state index in [1.807, 2.05) is 47.8 Å². The third-order valence-electron chi connectivity index (χ3n) is 2.71. The fourth-order valence-corrected chi connectivity index (χ4v) is 2.60. The van der Waals surface area contributed by atoms with Crippen molar-refractivity contribution in [2.75, 3.05) is 0 Å². The second kappa shape index (κ2) is 4.76. The number of furan rings is 1. The van der Waals surface area contributed by atoms with E-state index >= 15 is 0 Å². The lowest BCUT2D eigenvalue weighted by Gasteiger charge is -2.03. The van der Waals surface area contributed by atoms with Crippen LogP contribution in [0.3, 0.4) is 0 Å². The SMILES string of the molecule is NC(c1ccco1)c1nc(-c2ccccc2)cs1. The summed E-state index contributed by atoms with van der Waals surface area (Å²) in [5.41, 5.74) is 8.17. The van der Waals surface area contributed by atoms with E-state index in [9.17, 15) is 0 Å². The van der Waals surface area contributed by atoms with Gasteiger partial charge in [-0.2, -0.15) is 0 Å². The predicted molar refractivity (Wildman–Crippen MR) is 72.3 cm³/mol. The molecule has 0 fully saturated rings. The average Bonchev–Trinajstić information content (AvgIpc) is 3.10. The molecule has 0 spiro atoms. The lowest BCUT2D eigenvalue weighted by molar-refractivity contribution is 0.489. The number of hydrogen-bond donors (Lipinski definition) is 1. The lowest BCUT2D eigenvalue weighted by Crippen LogP contribution is -2.10. The summed E-state index contributed by atoms with van der Waals surface area (Å²) in [5, 5.41) is 2.89. The van der Waals surface area contributed by atoms with E-state index in [2.05, 4.69) is 4.98 Å². The molecule has 4 heteroatoms. The van der Waals surface area contributed by atoms with E-state index in [-0.39, 0.29) is 6.04 Å². The fraction of sp³-hybridized carbons (Fsp3) is 0.0714. The van der Waals surface area contributed by atoms with Crippen LogP contribution in [0.2, 0.25) is 0 Å². The molecule has 0 radical (unpaired) electrons. The number of rotatable bonds is 3. The summed E-state index contributed by atoms with van der Waals surface area (Å²) in [7, 11) is 0. The molecule has 2 aromatic heterocycles. The van der Waals surface area contributed by atoms with Crippen LogP contribution in [0.15, 0.2) is 58.5 Å². The van der Waals surface area contributed by atoms with Gasteiger partial charge in [-0.3, -0.25) is 0 Å². The molecular weight excluding hydrogens is 244 g/mol. The standard InChI is InChI=1S/C14H12N2OS/c15-13(12-7-4-8-17-12)14-16-11(9-18-14)10-5-2-1-3-6-10/h1-9,13H,15H2. The first-order chi connectivity index (χ1) is 8.84. The first kappa shape index (κ1) is 11.2. The summed E-state index contributed by atoms with van der Waals surface area (Å²) in [6.07, 6.45) is 1.63. The molecule has 0 amide bonds. The van der Waals surface area contributed by atoms with Crippen LogP contribution in [0.5, 0.6) is 0 Å². The van der Waals surface area contributed by atoms with Crippen LogP contribution in [-0.2, 0) is 0 Å². The van der Waals surface area contributed by atoms with E-state index in [0.29, 0.717) is 0 Å². The average molecular weight is 256 g/mol. The molecule has 0 bridgehead atoms. The van der Waals surface area contributed by atoms with Gasteiger partial charge in [0.25, 0.3) is 0 Å². The molecule has 0 aliphatic carbocycles. The molecule has 90 valence electrons. The molecule has 3 aromatic rings. The Morgan fingerprint density at radius 3 is 2.67 bits per heavy atom. The molecule has 1 unspecified atom stereocenters. The van der Waals surface area contributed by atoms with Crippen molar-refractivity contribution in [3.63, 3.8) is 0 Å². The van der Waals surface area contributed by atoms with Crippen LogP contribution < -0.4 is 5.73 Å². The van der Waals surface area contributed by atoms with Gasteiger partial charge in [-0.1, -0.05) is 30.3 Å². The molecule has 0 aliphatic rings. The van der Waals surface area contributed by atoms with Crippen molar-refractivity contribution < 1.29 is 4.42 Å². The third kappa shape index (κ3) is 2.08. The minimum Gasteiger partial charge on any atom is -0.467 e. The Hall–Kier alpha value is -1.91. The molecule has 0 saturated heterocycles. The Kier molecular flexibility index (Phi) is 2.96. The van der Waals surface area contributed by atoms with Gasteiger partial charge in [0, 0.05) is 10.9 Å². The van der Waals surface area contributed by atoms with Crippen LogP contribution in [0.4, 0.5) is 0 Å². The third-order valence-corrected chi connectivity index (χ3v) is 3.64. The van der Waals surface area contributed by atoms with Gasteiger partial charge in [-0.25, -0.2) is 4.98 Å². The number of aromatic nitrogens is 1. The van der Waals surface area contributed by atoms with Gasteiger partial charge in [0.2, 0.25) is 0 Å². The van der Waals surface area contributed by atoms with Crippen molar-refractivity contribution in [1.82, 2.24) is 4.98 Å². The number of nitrogens with two attached hydrogens (primary N) is 1. The Balaban J connectivity index is 1.90. The predicted octanol–water partition coefficient (Wildman–Crippen LogP) is 3.45. The van der Waals surface area contributed by atoms with Gasteiger partial charge in [-0.05, 0) is 12.1 Å². The van der Waals surface area contributed by atoms with Crippen LogP contribution in [0.25, 0.3) is 11.3 Å². The molecule has 1 atom stereocenters. The van der Waals surface area contributed by atoms with Crippen molar-refractivity contribution in [1.29, 1.82) is 0 Å². The minimum absolute atomic E-state index is 0.289. The molecule has 3 nitrogen and oxygen atoms in total. The van der Waals surface area contributed by atoms with E-state index in [1.54, 1.807) is 17.6 Å². The summed E-state index contributed by atoms with van der Waals surface area (Å²) in [5.74, 6) is 0.740. The molecule has 18 heavy (non-hydrogen) atoms. The monoisotopic (exact) mass is 256 g/mol. The van der Waals surface area contributed by atoms with E-state index < -0.39 is 0 Å². The molecule has 2 heterocycles. The van der Waals surface area contributed by atoms with Crippen LogP contribution >= 0.6 is 11.3 Å². The summed E-state index contributed by atoms with van der Waals surface area (Å²) in [6.45, 7) is 0. The van der Waals surface area contributed by atoms with E-state index in [0.717, 1.165) is 22.0 Å². The highest BCUT2D eigenvalue weighted by Crippen LogP contribution is 2.27. The lowest BCUT2D eigenvalue weighted by atomic mass is 10.2. The highest BCUT2D eigenvalue weighted by molar-refractivity contribution is 7.10. The molecule has 0 aliphatic heterocycles. The summed E-state index contributed by atoms with van der Waals surface area (Å²) >= 11 is 1.55. The van der Waals surface area contributed by atoms with Crippen molar-refractivity contribution in [2.24, 2.45) is 5.73 Å². The molecule has 3 rings (SSSR count). The zero-order valence-corrected chi connectivity index (χ0v) is 10.4. The first-order valence-electron chi connectivity index (χ1n) is 5.64. The van der Waals surface area contributed by atoms with Crippen LogP contribution in [0, 0.1) is 0 Å². The number of benzene rings is 1. The van der Waals surface area contributed by atoms with Gasteiger partial charge in [0.05, 0.1) is 12.0 Å². The molecular formula is C14H12N2OS. The van der Waals surface area contributed by atoms with Crippen molar-refractivity contribution in [3.8, 4) is 11.3 Å². The summed E-state index contributed by atoms with van der Waals surface area (Å²) in [6, 6.07) is 13.5. The molecule has 0 saturated carbocycles. The highest BCUT2D eigenvalue weighted by Gasteiger charge is 2.16. The van der Waals surface area contributed by atoms with Gasteiger partial charge in [0.15, 0.2) is 0 Å².